The predicted octanol–water partition coefficient (Wildman–Crippen LogP) is 4.21. The van der Waals surface area contributed by atoms with Gasteiger partial charge in [-0.1, -0.05) is 0 Å². The monoisotopic (exact) mass is 618 g/mol. The zero-order valence-electron chi connectivity index (χ0n) is 25.1. The summed E-state index contributed by atoms with van der Waals surface area (Å²) < 4.78 is 33.0. The SMILES string of the molecule is CCOC(=O)C1CCN(S(=O)(=O)c2ccc(C(=O)Nc3sc4c(c3C(=O)N(CC)CC)CCN(C(C)C)C4)cc2)CC1. The van der Waals surface area contributed by atoms with Crippen LogP contribution in [-0.4, -0.2) is 85.7 Å². The number of sulfonamides is 1. The smallest absolute Gasteiger partial charge is 0.309 e. The fraction of sp³-hybridized carbons (Fsp3) is 0.567. The molecule has 0 unspecified atom stereocenters. The van der Waals surface area contributed by atoms with E-state index in [4.69, 9.17) is 4.74 Å². The van der Waals surface area contributed by atoms with Crippen molar-refractivity contribution in [2.24, 2.45) is 5.92 Å². The summed E-state index contributed by atoms with van der Waals surface area (Å²) in [6.45, 7) is 13.4. The maximum atomic E-state index is 13.6. The van der Waals surface area contributed by atoms with Crippen molar-refractivity contribution in [3.63, 3.8) is 0 Å². The van der Waals surface area contributed by atoms with E-state index in [0.717, 1.165) is 30.0 Å². The molecule has 2 aliphatic heterocycles. The summed E-state index contributed by atoms with van der Waals surface area (Å²) in [5, 5.41) is 3.51. The molecule has 2 aromatic rings. The number of piperidine rings is 1. The molecule has 1 aromatic carbocycles. The van der Waals surface area contributed by atoms with Gasteiger partial charge in [-0.05, 0) is 83.7 Å². The number of amides is 2. The van der Waals surface area contributed by atoms with Gasteiger partial charge in [0, 0.05) is 55.8 Å². The number of nitrogens with zero attached hydrogens (tertiary/aromatic N) is 3. The highest BCUT2D eigenvalue weighted by Crippen LogP contribution is 2.38. The largest absolute Gasteiger partial charge is 0.466 e. The van der Waals surface area contributed by atoms with E-state index in [9.17, 15) is 22.8 Å². The Labute approximate surface area is 253 Å². The van der Waals surface area contributed by atoms with Crippen LogP contribution in [0.25, 0.3) is 0 Å². The quantitative estimate of drug-likeness (QED) is 0.397. The number of hydrogen-bond acceptors (Lipinski definition) is 8. The van der Waals surface area contributed by atoms with Crippen molar-refractivity contribution >= 4 is 44.1 Å². The zero-order valence-corrected chi connectivity index (χ0v) is 26.8. The number of thiophene rings is 1. The van der Waals surface area contributed by atoms with Crippen molar-refractivity contribution in [3.05, 3.63) is 45.8 Å². The molecule has 230 valence electrons. The lowest BCUT2D eigenvalue weighted by Gasteiger charge is -2.30. The van der Waals surface area contributed by atoms with Gasteiger partial charge in [0.05, 0.1) is 23.0 Å². The number of esters is 1. The van der Waals surface area contributed by atoms with E-state index in [1.54, 1.807) is 11.8 Å². The molecule has 0 atom stereocenters. The first-order valence-electron chi connectivity index (χ1n) is 14.8. The zero-order chi connectivity index (χ0) is 30.6. The van der Waals surface area contributed by atoms with Crippen LogP contribution in [0.1, 0.15) is 78.6 Å². The van der Waals surface area contributed by atoms with Crippen molar-refractivity contribution in [2.45, 2.75) is 71.4 Å². The van der Waals surface area contributed by atoms with Crippen molar-refractivity contribution < 1.29 is 27.5 Å². The normalized spacial score (nSPS) is 16.7. The van der Waals surface area contributed by atoms with Crippen molar-refractivity contribution in [1.82, 2.24) is 14.1 Å². The second-order valence-corrected chi connectivity index (χ2v) is 14.0. The molecule has 0 saturated carbocycles. The van der Waals surface area contributed by atoms with Gasteiger partial charge in [-0.15, -0.1) is 11.3 Å². The Bertz CT molecular complexity index is 1390. The molecule has 0 spiro atoms. The van der Waals surface area contributed by atoms with Gasteiger partial charge in [-0.3, -0.25) is 19.3 Å². The summed E-state index contributed by atoms with van der Waals surface area (Å²) in [7, 11) is -3.78. The van der Waals surface area contributed by atoms with Crippen LogP contribution in [0, 0.1) is 5.92 Å². The Morgan fingerprint density at radius 3 is 2.26 bits per heavy atom. The Hall–Kier alpha value is -2.80. The molecular formula is C30H42N4O6S2. The minimum atomic E-state index is -3.78. The number of anilines is 1. The van der Waals surface area contributed by atoms with Crippen LogP contribution in [0.15, 0.2) is 29.2 Å². The van der Waals surface area contributed by atoms with Crippen LogP contribution in [0.4, 0.5) is 5.00 Å². The summed E-state index contributed by atoms with van der Waals surface area (Å²) >= 11 is 1.45. The van der Waals surface area contributed by atoms with Gasteiger partial charge < -0.3 is 15.0 Å². The lowest BCUT2D eigenvalue weighted by molar-refractivity contribution is -0.149. The van der Waals surface area contributed by atoms with E-state index in [2.05, 4.69) is 24.1 Å². The highest BCUT2D eigenvalue weighted by atomic mass is 32.2. The molecule has 10 nitrogen and oxygen atoms in total. The topological polar surface area (TPSA) is 116 Å². The third kappa shape index (κ3) is 6.72. The third-order valence-corrected chi connectivity index (χ3v) is 11.2. The summed E-state index contributed by atoms with van der Waals surface area (Å²) in [4.78, 5) is 44.2. The molecule has 0 bridgehead atoms. The van der Waals surface area contributed by atoms with Crippen LogP contribution in [-0.2, 0) is 32.5 Å². The average Bonchev–Trinajstić information content (AvgIpc) is 3.34. The summed E-state index contributed by atoms with van der Waals surface area (Å²) in [5.41, 5.74) is 1.88. The van der Waals surface area contributed by atoms with E-state index in [1.807, 2.05) is 13.8 Å². The molecule has 0 radical (unpaired) electrons. The summed E-state index contributed by atoms with van der Waals surface area (Å²) in [5.74, 6) is -1.06. The molecular weight excluding hydrogens is 576 g/mol. The number of ether oxygens (including phenoxy) is 1. The lowest BCUT2D eigenvalue weighted by atomic mass is 9.98. The first-order valence-corrected chi connectivity index (χ1v) is 17.0. The van der Waals surface area contributed by atoms with Crippen LogP contribution < -0.4 is 5.32 Å². The van der Waals surface area contributed by atoms with E-state index < -0.39 is 15.9 Å². The first kappa shape index (κ1) is 32.1. The molecule has 42 heavy (non-hydrogen) atoms. The molecule has 4 rings (SSSR count). The van der Waals surface area contributed by atoms with Gasteiger partial charge in [0.2, 0.25) is 10.0 Å². The van der Waals surface area contributed by atoms with Crippen LogP contribution >= 0.6 is 11.3 Å². The molecule has 2 aliphatic rings. The van der Waals surface area contributed by atoms with Crippen molar-refractivity contribution in [1.29, 1.82) is 0 Å². The minimum Gasteiger partial charge on any atom is -0.466 e. The highest BCUT2D eigenvalue weighted by molar-refractivity contribution is 7.89. The van der Waals surface area contributed by atoms with E-state index >= 15 is 0 Å². The molecule has 1 aromatic heterocycles. The number of fused-ring (bicyclic) bond motifs is 1. The standard InChI is InChI=1S/C30H42N4O6S2/c1-6-32(7-2)29(36)26-24-15-16-33(20(4)5)19-25(24)41-28(26)31-27(35)21-9-11-23(12-10-21)42(38,39)34-17-13-22(14-18-34)30(37)40-8-3/h9-12,20,22H,6-8,13-19H2,1-5H3,(H,31,35). The average molecular weight is 619 g/mol. The van der Waals surface area contributed by atoms with Gasteiger partial charge in [0.15, 0.2) is 0 Å². The first-order chi connectivity index (χ1) is 20.0. The molecule has 3 heterocycles. The number of rotatable bonds is 10. The van der Waals surface area contributed by atoms with Crippen LogP contribution in [0.2, 0.25) is 0 Å². The van der Waals surface area contributed by atoms with Crippen molar-refractivity contribution in [2.75, 3.05) is 44.6 Å². The van der Waals surface area contributed by atoms with E-state index in [0.29, 0.717) is 54.7 Å². The Kier molecular flexibility index (Phi) is 10.4. The summed E-state index contributed by atoms with van der Waals surface area (Å²) in [6, 6.07) is 6.23. The number of hydrogen-bond donors (Lipinski definition) is 1. The third-order valence-electron chi connectivity index (χ3n) is 8.14. The molecule has 0 aliphatic carbocycles. The van der Waals surface area contributed by atoms with Gasteiger partial charge in [-0.2, -0.15) is 4.31 Å². The molecule has 12 heteroatoms. The fourth-order valence-corrected chi connectivity index (χ4v) is 8.27. The maximum absolute atomic E-state index is 13.6. The van der Waals surface area contributed by atoms with Gasteiger partial charge in [0.25, 0.3) is 11.8 Å². The van der Waals surface area contributed by atoms with E-state index in [-0.39, 0.29) is 35.8 Å². The van der Waals surface area contributed by atoms with E-state index in [1.165, 1.54) is 39.9 Å². The van der Waals surface area contributed by atoms with Crippen LogP contribution in [0.5, 0.6) is 0 Å². The van der Waals surface area contributed by atoms with Crippen LogP contribution in [0.3, 0.4) is 0 Å². The second kappa shape index (κ2) is 13.7. The summed E-state index contributed by atoms with van der Waals surface area (Å²) in [6.07, 6.45) is 1.56. The predicted molar refractivity (Wildman–Crippen MR) is 163 cm³/mol. The number of nitrogens with one attached hydrogen (secondary N) is 1. The second-order valence-electron chi connectivity index (χ2n) is 10.9. The van der Waals surface area contributed by atoms with Crippen molar-refractivity contribution in [3.8, 4) is 0 Å². The highest BCUT2D eigenvalue weighted by Gasteiger charge is 2.34. The Morgan fingerprint density at radius 1 is 1.05 bits per heavy atom. The molecule has 1 N–H and O–H groups in total. The number of benzene rings is 1. The molecule has 2 amide bonds. The Balaban J connectivity index is 1.51. The van der Waals surface area contributed by atoms with Gasteiger partial charge in [0.1, 0.15) is 5.00 Å². The molecule has 1 saturated heterocycles. The fourth-order valence-electron chi connectivity index (χ4n) is 5.54. The lowest BCUT2D eigenvalue weighted by Crippen LogP contribution is -2.40. The number of carbonyl (C=O) groups excluding carboxylic acids is 3. The number of carbonyl (C=O) groups is 3. The van der Waals surface area contributed by atoms with Gasteiger partial charge in [-0.25, -0.2) is 8.42 Å². The Morgan fingerprint density at radius 2 is 1.69 bits per heavy atom. The minimum absolute atomic E-state index is 0.0843. The molecule has 1 fully saturated rings. The maximum Gasteiger partial charge on any atom is 0.309 e. The van der Waals surface area contributed by atoms with Gasteiger partial charge >= 0.3 is 5.97 Å².